The van der Waals surface area contributed by atoms with Crippen molar-refractivity contribution < 1.29 is 14.3 Å². The molecule has 0 atom stereocenters. The van der Waals surface area contributed by atoms with Crippen molar-refractivity contribution in [1.29, 1.82) is 0 Å². The summed E-state index contributed by atoms with van der Waals surface area (Å²) in [6.45, 7) is 1.88. The lowest BCUT2D eigenvalue weighted by Crippen LogP contribution is -2.23. The molecule has 0 fully saturated rings. The molecule has 0 spiro atoms. The fraction of sp³-hybridized carbons (Fsp3) is 0.267. The fourth-order valence-corrected chi connectivity index (χ4v) is 2.63. The van der Waals surface area contributed by atoms with E-state index in [0.29, 0.717) is 10.4 Å². The third kappa shape index (κ3) is 3.14. The van der Waals surface area contributed by atoms with E-state index >= 15 is 0 Å². The SMILES string of the molecule is CCOC(=O)c1ccc2c(SC(=O)N(C)C)cccn2c1=O. The Morgan fingerprint density at radius 3 is 2.64 bits per heavy atom. The summed E-state index contributed by atoms with van der Waals surface area (Å²) >= 11 is 1.03. The lowest BCUT2D eigenvalue weighted by atomic mass is 10.2. The van der Waals surface area contributed by atoms with Crippen molar-refractivity contribution in [3.8, 4) is 0 Å². The largest absolute Gasteiger partial charge is 0.462 e. The number of pyridine rings is 2. The van der Waals surface area contributed by atoms with Crippen molar-refractivity contribution in [3.63, 3.8) is 0 Å². The van der Waals surface area contributed by atoms with Crippen molar-refractivity contribution in [2.24, 2.45) is 0 Å². The Morgan fingerprint density at radius 1 is 1.27 bits per heavy atom. The first-order chi connectivity index (χ1) is 10.5. The summed E-state index contributed by atoms with van der Waals surface area (Å²) < 4.78 is 6.21. The molecular weight excluding hydrogens is 304 g/mol. The Morgan fingerprint density at radius 2 is 2.00 bits per heavy atom. The van der Waals surface area contributed by atoms with Gasteiger partial charge in [-0.3, -0.25) is 14.0 Å². The molecule has 0 aromatic carbocycles. The van der Waals surface area contributed by atoms with Gasteiger partial charge >= 0.3 is 5.97 Å². The molecule has 0 bridgehead atoms. The zero-order chi connectivity index (χ0) is 16.3. The minimum atomic E-state index is -0.649. The van der Waals surface area contributed by atoms with Gasteiger partial charge in [-0.15, -0.1) is 0 Å². The highest BCUT2D eigenvalue weighted by Gasteiger charge is 2.16. The van der Waals surface area contributed by atoms with E-state index in [1.807, 2.05) is 0 Å². The Kier molecular flexibility index (Phi) is 4.87. The van der Waals surface area contributed by atoms with Crippen LogP contribution in [0, 0.1) is 0 Å². The number of nitrogens with zero attached hydrogens (tertiary/aromatic N) is 2. The van der Waals surface area contributed by atoms with Gasteiger partial charge in [-0.25, -0.2) is 4.79 Å². The third-order valence-electron chi connectivity index (χ3n) is 2.91. The predicted molar refractivity (Wildman–Crippen MR) is 84.6 cm³/mol. The highest BCUT2D eigenvalue weighted by atomic mass is 32.2. The second kappa shape index (κ2) is 6.65. The molecular formula is C15H16N2O4S. The summed E-state index contributed by atoms with van der Waals surface area (Å²) in [5.74, 6) is -0.649. The molecule has 22 heavy (non-hydrogen) atoms. The summed E-state index contributed by atoms with van der Waals surface area (Å²) in [7, 11) is 3.32. The Hall–Kier alpha value is -2.28. The molecule has 2 rings (SSSR count). The average molecular weight is 320 g/mol. The Labute approximate surface area is 131 Å². The van der Waals surface area contributed by atoms with E-state index in [-0.39, 0.29) is 17.4 Å². The first kappa shape index (κ1) is 16.1. The van der Waals surface area contributed by atoms with E-state index < -0.39 is 11.5 Å². The number of fused-ring (bicyclic) bond motifs is 1. The van der Waals surface area contributed by atoms with Gasteiger partial charge < -0.3 is 9.64 Å². The number of ether oxygens (including phenoxy) is 1. The number of carbonyl (C=O) groups excluding carboxylic acids is 2. The summed E-state index contributed by atoms with van der Waals surface area (Å²) in [6, 6.07) is 6.48. The summed E-state index contributed by atoms with van der Waals surface area (Å²) in [5, 5.41) is -0.144. The maximum atomic E-state index is 12.4. The second-order valence-electron chi connectivity index (χ2n) is 4.66. The number of hydrogen-bond donors (Lipinski definition) is 0. The number of aromatic nitrogens is 1. The van der Waals surface area contributed by atoms with Crippen LogP contribution >= 0.6 is 11.8 Å². The van der Waals surface area contributed by atoms with E-state index in [1.54, 1.807) is 45.4 Å². The number of amides is 1. The smallest absolute Gasteiger partial charge is 0.343 e. The van der Waals surface area contributed by atoms with Crippen molar-refractivity contribution in [1.82, 2.24) is 9.30 Å². The normalized spacial score (nSPS) is 10.5. The fourth-order valence-electron chi connectivity index (χ4n) is 1.84. The maximum Gasteiger partial charge on any atom is 0.343 e. The predicted octanol–water partition coefficient (Wildman–Crippen LogP) is 2.25. The minimum absolute atomic E-state index is 0.0274. The van der Waals surface area contributed by atoms with Crippen molar-refractivity contribution >= 4 is 28.5 Å². The van der Waals surface area contributed by atoms with Gasteiger partial charge in [0.1, 0.15) is 5.56 Å². The van der Waals surface area contributed by atoms with Gasteiger partial charge in [0.15, 0.2) is 0 Å². The van der Waals surface area contributed by atoms with Crippen LogP contribution in [-0.4, -0.2) is 41.2 Å². The van der Waals surface area contributed by atoms with E-state index in [1.165, 1.54) is 15.4 Å². The molecule has 2 aromatic rings. The monoisotopic (exact) mass is 320 g/mol. The van der Waals surface area contributed by atoms with Gasteiger partial charge in [-0.05, 0) is 43.0 Å². The van der Waals surface area contributed by atoms with Gasteiger partial charge in [0.05, 0.1) is 12.1 Å². The van der Waals surface area contributed by atoms with Gasteiger partial charge in [0.25, 0.3) is 10.8 Å². The van der Waals surface area contributed by atoms with Crippen LogP contribution in [0.2, 0.25) is 0 Å². The Balaban J connectivity index is 2.52. The molecule has 116 valence electrons. The third-order valence-corrected chi connectivity index (χ3v) is 4.01. The molecule has 7 heteroatoms. The highest BCUT2D eigenvalue weighted by Crippen LogP contribution is 2.24. The molecule has 0 N–H and O–H groups in total. The van der Waals surface area contributed by atoms with E-state index in [0.717, 1.165) is 11.8 Å². The molecule has 2 aromatic heterocycles. The van der Waals surface area contributed by atoms with Gasteiger partial charge in [0.2, 0.25) is 0 Å². The average Bonchev–Trinajstić information content (AvgIpc) is 2.48. The molecule has 0 aliphatic heterocycles. The Bertz CT molecular complexity index is 783. The molecule has 0 saturated carbocycles. The van der Waals surface area contributed by atoms with Crippen LogP contribution in [-0.2, 0) is 4.74 Å². The van der Waals surface area contributed by atoms with Crippen LogP contribution in [0.3, 0.4) is 0 Å². The van der Waals surface area contributed by atoms with Crippen LogP contribution in [0.25, 0.3) is 5.52 Å². The topological polar surface area (TPSA) is 68.1 Å². The van der Waals surface area contributed by atoms with Crippen LogP contribution in [0.1, 0.15) is 17.3 Å². The molecule has 2 heterocycles. The molecule has 1 amide bonds. The van der Waals surface area contributed by atoms with Crippen molar-refractivity contribution in [3.05, 3.63) is 46.4 Å². The standard InChI is InChI=1S/C15H16N2O4S/c1-4-21-14(19)10-7-8-11-12(22-15(20)16(2)3)6-5-9-17(11)13(10)18/h5-9H,4H2,1-3H3. The van der Waals surface area contributed by atoms with E-state index in [4.69, 9.17) is 4.74 Å². The second-order valence-corrected chi connectivity index (χ2v) is 5.66. The maximum absolute atomic E-state index is 12.4. The molecule has 0 unspecified atom stereocenters. The molecule has 0 aliphatic rings. The first-order valence-corrected chi connectivity index (χ1v) is 7.48. The number of hydrogen-bond acceptors (Lipinski definition) is 5. The number of thioether (sulfide) groups is 1. The molecule has 0 saturated heterocycles. The zero-order valence-corrected chi connectivity index (χ0v) is 13.3. The van der Waals surface area contributed by atoms with Gasteiger partial charge in [-0.2, -0.15) is 0 Å². The van der Waals surface area contributed by atoms with E-state index in [2.05, 4.69) is 0 Å². The highest BCUT2D eigenvalue weighted by molar-refractivity contribution is 8.13. The number of rotatable bonds is 3. The van der Waals surface area contributed by atoms with E-state index in [9.17, 15) is 14.4 Å². The number of carbonyl (C=O) groups is 2. The van der Waals surface area contributed by atoms with Crippen LogP contribution in [0.4, 0.5) is 4.79 Å². The molecule has 0 aliphatic carbocycles. The number of esters is 1. The molecule has 0 radical (unpaired) electrons. The lowest BCUT2D eigenvalue weighted by molar-refractivity contribution is 0.0524. The van der Waals surface area contributed by atoms with Crippen molar-refractivity contribution in [2.45, 2.75) is 11.8 Å². The van der Waals surface area contributed by atoms with Crippen LogP contribution < -0.4 is 5.56 Å². The molecule has 6 nitrogen and oxygen atoms in total. The first-order valence-electron chi connectivity index (χ1n) is 6.66. The summed E-state index contributed by atoms with van der Waals surface area (Å²) in [6.07, 6.45) is 1.56. The van der Waals surface area contributed by atoms with Crippen molar-refractivity contribution in [2.75, 3.05) is 20.7 Å². The van der Waals surface area contributed by atoms with Gasteiger partial charge in [0, 0.05) is 25.2 Å². The van der Waals surface area contributed by atoms with Gasteiger partial charge in [-0.1, -0.05) is 0 Å². The van der Waals surface area contributed by atoms with Crippen LogP contribution in [0.5, 0.6) is 0 Å². The summed E-state index contributed by atoms with van der Waals surface area (Å²) in [5.41, 5.74) is 0.0805. The minimum Gasteiger partial charge on any atom is -0.462 e. The zero-order valence-electron chi connectivity index (χ0n) is 12.5. The van der Waals surface area contributed by atoms with Crippen LogP contribution in [0.15, 0.2) is 40.2 Å². The quantitative estimate of drug-likeness (QED) is 0.641. The lowest BCUT2D eigenvalue weighted by Gasteiger charge is -2.11. The summed E-state index contributed by atoms with van der Waals surface area (Å²) in [4.78, 5) is 38.1.